The molecule has 0 amide bonds. The molecule has 0 unspecified atom stereocenters. The van der Waals surface area contributed by atoms with Gasteiger partial charge in [0, 0.05) is 11.0 Å². The Morgan fingerprint density at radius 3 is 2.38 bits per heavy atom. The molecule has 1 aliphatic rings. The predicted octanol–water partition coefficient (Wildman–Crippen LogP) is 4.29. The Hall–Kier alpha value is 0.660. The van der Waals surface area contributed by atoms with Crippen molar-refractivity contribution in [3.63, 3.8) is 0 Å². The van der Waals surface area contributed by atoms with Gasteiger partial charge in [-0.05, 0) is 6.42 Å². The number of aliphatic hydroxyl groups is 1. The fourth-order valence-corrected chi connectivity index (χ4v) is 5.28. The Labute approximate surface area is 109 Å². The number of thioether (sulfide) groups is 2. The number of hydrogen-bond acceptors (Lipinski definition) is 3. The van der Waals surface area contributed by atoms with Crippen molar-refractivity contribution < 1.29 is 5.11 Å². The first kappa shape index (κ1) is 14.7. The number of rotatable bonds is 9. The van der Waals surface area contributed by atoms with Crippen LogP contribution in [-0.4, -0.2) is 27.3 Å². The summed E-state index contributed by atoms with van der Waals surface area (Å²) in [5, 5.41) is 9.56. The summed E-state index contributed by atoms with van der Waals surface area (Å²) in [4.78, 5) is 0. The van der Waals surface area contributed by atoms with Crippen LogP contribution in [0.1, 0.15) is 58.3 Å². The average molecular weight is 262 g/mol. The smallest absolute Gasteiger partial charge is 0.0558 e. The Bertz CT molecular complexity index is 164. The van der Waals surface area contributed by atoms with E-state index in [1.807, 2.05) is 23.5 Å². The molecule has 1 nitrogen and oxygen atoms in total. The van der Waals surface area contributed by atoms with E-state index in [9.17, 15) is 0 Å². The number of aliphatic hydroxyl groups excluding tert-OH is 1. The van der Waals surface area contributed by atoms with Gasteiger partial charge in [0.1, 0.15) is 0 Å². The molecule has 0 bridgehead atoms. The minimum Gasteiger partial charge on any atom is -0.395 e. The highest BCUT2D eigenvalue weighted by Crippen LogP contribution is 2.40. The lowest BCUT2D eigenvalue weighted by Gasteiger charge is -2.08. The van der Waals surface area contributed by atoms with Gasteiger partial charge in [-0.2, -0.15) is 0 Å². The van der Waals surface area contributed by atoms with Crippen LogP contribution in [0.3, 0.4) is 0 Å². The fraction of sp³-hybridized carbons (Fsp3) is 1.00. The maximum Gasteiger partial charge on any atom is 0.0558 e. The topological polar surface area (TPSA) is 20.2 Å². The summed E-state index contributed by atoms with van der Waals surface area (Å²) in [5.41, 5.74) is 0. The Morgan fingerprint density at radius 2 is 1.75 bits per heavy atom. The molecule has 0 aromatic carbocycles. The first-order chi connectivity index (χ1) is 7.86. The maximum absolute atomic E-state index is 9.04. The van der Waals surface area contributed by atoms with Crippen LogP contribution in [0.15, 0.2) is 0 Å². The van der Waals surface area contributed by atoms with Gasteiger partial charge in [0.25, 0.3) is 0 Å². The quantitative estimate of drug-likeness (QED) is 0.626. The molecular formula is C13H26OS2. The summed E-state index contributed by atoms with van der Waals surface area (Å²) in [5.74, 6) is 1.16. The van der Waals surface area contributed by atoms with Crippen molar-refractivity contribution in [1.82, 2.24) is 0 Å². The summed E-state index contributed by atoms with van der Waals surface area (Å²) in [6.07, 6.45) is 11.2. The van der Waals surface area contributed by atoms with Gasteiger partial charge in [0.05, 0.1) is 11.2 Å². The summed E-state index contributed by atoms with van der Waals surface area (Å²) in [7, 11) is 0. The lowest BCUT2D eigenvalue weighted by molar-refractivity contribution is 0.301. The van der Waals surface area contributed by atoms with Crippen LogP contribution >= 0.6 is 23.5 Å². The van der Waals surface area contributed by atoms with E-state index in [0.29, 0.717) is 11.9 Å². The second kappa shape index (κ2) is 9.67. The standard InChI is InChI=1S/C13H26OS2/c1-2-3-4-5-6-7-8-9-13-15-11-12(10-14)16-13/h12-14H,2-11H2,1H3/t12-,13+/m0/s1. The lowest BCUT2D eigenvalue weighted by atomic mass is 10.1. The summed E-state index contributed by atoms with van der Waals surface area (Å²) in [6, 6.07) is 0. The molecular weight excluding hydrogens is 236 g/mol. The van der Waals surface area contributed by atoms with Crippen LogP contribution < -0.4 is 0 Å². The largest absolute Gasteiger partial charge is 0.395 e. The van der Waals surface area contributed by atoms with Crippen LogP contribution in [0.2, 0.25) is 0 Å². The molecule has 0 aliphatic carbocycles. The van der Waals surface area contributed by atoms with Crippen LogP contribution in [0.5, 0.6) is 0 Å². The lowest BCUT2D eigenvalue weighted by Crippen LogP contribution is -2.06. The third-order valence-corrected chi connectivity index (χ3v) is 6.45. The Morgan fingerprint density at radius 1 is 1.06 bits per heavy atom. The molecule has 3 heteroatoms. The first-order valence-corrected chi connectivity index (χ1v) is 8.74. The van der Waals surface area contributed by atoms with Gasteiger partial charge in [0.2, 0.25) is 0 Å². The Kier molecular flexibility index (Phi) is 8.89. The monoisotopic (exact) mass is 262 g/mol. The van der Waals surface area contributed by atoms with Crippen LogP contribution in [-0.2, 0) is 0 Å². The van der Waals surface area contributed by atoms with Gasteiger partial charge >= 0.3 is 0 Å². The first-order valence-electron chi connectivity index (χ1n) is 6.74. The van der Waals surface area contributed by atoms with Gasteiger partial charge in [0.15, 0.2) is 0 Å². The zero-order valence-electron chi connectivity index (χ0n) is 10.5. The number of unbranched alkanes of at least 4 members (excludes halogenated alkanes) is 6. The summed E-state index contributed by atoms with van der Waals surface area (Å²) >= 11 is 4.05. The molecule has 1 N–H and O–H groups in total. The minimum absolute atomic E-state index is 0.366. The molecule has 0 radical (unpaired) electrons. The van der Waals surface area contributed by atoms with Crippen molar-refractivity contribution in [3.05, 3.63) is 0 Å². The molecule has 0 spiro atoms. The SMILES string of the molecule is CCCCCCCCC[C@@H]1SC[C@H](CO)S1. The normalized spacial score (nSPS) is 25.1. The minimum atomic E-state index is 0.366. The third kappa shape index (κ3) is 6.41. The third-order valence-electron chi connectivity index (χ3n) is 3.06. The van der Waals surface area contributed by atoms with E-state index in [1.165, 1.54) is 51.4 Å². The van der Waals surface area contributed by atoms with E-state index in [-0.39, 0.29) is 0 Å². The summed E-state index contributed by atoms with van der Waals surface area (Å²) in [6.45, 7) is 2.64. The van der Waals surface area contributed by atoms with Crippen molar-refractivity contribution >= 4 is 23.5 Å². The highest BCUT2D eigenvalue weighted by Gasteiger charge is 2.24. The molecule has 1 rings (SSSR count). The van der Waals surface area contributed by atoms with E-state index in [0.717, 1.165) is 10.3 Å². The van der Waals surface area contributed by atoms with Gasteiger partial charge in [-0.3, -0.25) is 0 Å². The van der Waals surface area contributed by atoms with E-state index in [4.69, 9.17) is 5.11 Å². The van der Waals surface area contributed by atoms with Gasteiger partial charge in [-0.1, -0.05) is 51.9 Å². The predicted molar refractivity (Wildman–Crippen MR) is 77.3 cm³/mol. The maximum atomic E-state index is 9.04. The zero-order chi connectivity index (χ0) is 11.6. The molecule has 96 valence electrons. The van der Waals surface area contributed by atoms with Crippen molar-refractivity contribution in [2.24, 2.45) is 0 Å². The van der Waals surface area contributed by atoms with Crippen molar-refractivity contribution in [3.8, 4) is 0 Å². The van der Waals surface area contributed by atoms with Crippen LogP contribution in [0.25, 0.3) is 0 Å². The van der Waals surface area contributed by atoms with Crippen molar-refractivity contribution in [1.29, 1.82) is 0 Å². The molecule has 2 atom stereocenters. The van der Waals surface area contributed by atoms with Crippen molar-refractivity contribution in [2.45, 2.75) is 68.1 Å². The molecule has 1 heterocycles. The Balaban J connectivity index is 1.84. The fourth-order valence-electron chi connectivity index (χ4n) is 2.02. The molecule has 1 saturated heterocycles. The van der Waals surface area contributed by atoms with Gasteiger partial charge in [-0.25, -0.2) is 0 Å². The average Bonchev–Trinajstić information content (AvgIpc) is 2.76. The molecule has 0 aromatic rings. The van der Waals surface area contributed by atoms with E-state index >= 15 is 0 Å². The van der Waals surface area contributed by atoms with Crippen LogP contribution in [0.4, 0.5) is 0 Å². The molecule has 1 fully saturated rings. The van der Waals surface area contributed by atoms with Gasteiger partial charge < -0.3 is 5.11 Å². The molecule has 0 saturated carbocycles. The van der Waals surface area contributed by atoms with Crippen molar-refractivity contribution in [2.75, 3.05) is 12.4 Å². The van der Waals surface area contributed by atoms with Gasteiger partial charge in [-0.15, -0.1) is 23.5 Å². The highest BCUT2D eigenvalue weighted by atomic mass is 32.2. The zero-order valence-corrected chi connectivity index (χ0v) is 12.1. The van der Waals surface area contributed by atoms with E-state index < -0.39 is 0 Å². The van der Waals surface area contributed by atoms with Crippen LogP contribution in [0, 0.1) is 0 Å². The summed E-state index contributed by atoms with van der Waals surface area (Å²) < 4.78 is 0.771. The van der Waals surface area contributed by atoms with E-state index in [2.05, 4.69) is 6.92 Å². The highest BCUT2D eigenvalue weighted by molar-refractivity contribution is 8.20. The molecule has 0 aromatic heterocycles. The second-order valence-electron chi connectivity index (χ2n) is 4.61. The number of hydrogen-bond donors (Lipinski definition) is 1. The second-order valence-corrected chi connectivity index (χ2v) is 7.66. The molecule has 16 heavy (non-hydrogen) atoms. The van der Waals surface area contributed by atoms with E-state index in [1.54, 1.807) is 0 Å². The molecule has 1 aliphatic heterocycles.